The van der Waals surface area contributed by atoms with Crippen LogP contribution < -0.4 is 10.0 Å². The van der Waals surface area contributed by atoms with Crippen LogP contribution >= 0.6 is 0 Å². The molecule has 5 nitrogen and oxygen atoms in total. The van der Waals surface area contributed by atoms with Crippen molar-refractivity contribution in [2.24, 2.45) is 5.92 Å². The fourth-order valence-corrected chi connectivity index (χ4v) is 4.49. The number of hydrogen-bond acceptors (Lipinski definition) is 4. The predicted molar refractivity (Wildman–Crippen MR) is 121 cm³/mol. The van der Waals surface area contributed by atoms with Gasteiger partial charge in [-0.3, -0.25) is 0 Å². The zero-order valence-corrected chi connectivity index (χ0v) is 18.5. The highest BCUT2D eigenvalue weighted by molar-refractivity contribution is 7.89. The number of nitrogens with zero attached hydrogens (tertiary/aromatic N) is 1. The lowest BCUT2D eigenvalue weighted by molar-refractivity contribution is 0.337. The number of pyridine rings is 1. The molecule has 1 saturated carbocycles. The van der Waals surface area contributed by atoms with Crippen LogP contribution in [0.3, 0.4) is 0 Å². The van der Waals surface area contributed by atoms with Crippen molar-refractivity contribution < 1.29 is 8.42 Å². The van der Waals surface area contributed by atoms with E-state index in [1.165, 1.54) is 11.1 Å². The van der Waals surface area contributed by atoms with Crippen molar-refractivity contribution in [1.29, 1.82) is 0 Å². The lowest BCUT2D eigenvalue weighted by atomic mass is 9.86. The first kappa shape index (κ1) is 21.8. The number of sulfonamides is 1. The van der Waals surface area contributed by atoms with E-state index in [4.69, 9.17) is 0 Å². The minimum Gasteiger partial charge on any atom is -0.367 e. The van der Waals surface area contributed by atoms with Crippen LogP contribution in [0.5, 0.6) is 0 Å². The van der Waals surface area contributed by atoms with E-state index in [1.54, 1.807) is 6.92 Å². The van der Waals surface area contributed by atoms with Gasteiger partial charge in [0.1, 0.15) is 5.82 Å². The molecule has 0 radical (unpaired) electrons. The van der Waals surface area contributed by atoms with Gasteiger partial charge in [-0.2, -0.15) is 0 Å². The van der Waals surface area contributed by atoms with E-state index < -0.39 is 10.0 Å². The van der Waals surface area contributed by atoms with Gasteiger partial charge < -0.3 is 5.32 Å². The molecule has 0 spiro atoms. The zero-order valence-electron chi connectivity index (χ0n) is 17.7. The molecule has 0 saturated heterocycles. The van der Waals surface area contributed by atoms with Gasteiger partial charge >= 0.3 is 0 Å². The van der Waals surface area contributed by atoms with E-state index in [1.807, 2.05) is 6.20 Å². The normalized spacial score (nSPS) is 20.0. The van der Waals surface area contributed by atoms with E-state index in [0.717, 1.165) is 37.1 Å². The second-order valence-corrected chi connectivity index (χ2v) is 10.4. The largest absolute Gasteiger partial charge is 0.367 e. The van der Waals surface area contributed by atoms with Crippen molar-refractivity contribution in [3.8, 4) is 11.1 Å². The molecule has 0 amide bonds. The van der Waals surface area contributed by atoms with E-state index in [0.29, 0.717) is 24.4 Å². The molecule has 0 atom stereocenters. The number of rotatable bonds is 8. The number of nitrogens with one attached hydrogen (secondary N) is 2. The Kier molecular flexibility index (Phi) is 7.30. The first-order valence-corrected chi connectivity index (χ1v) is 12.3. The highest BCUT2D eigenvalue weighted by Gasteiger charge is 2.22. The van der Waals surface area contributed by atoms with E-state index in [9.17, 15) is 8.42 Å². The number of anilines is 1. The third-order valence-corrected chi connectivity index (χ3v) is 7.19. The summed E-state index contributed by atoms with van der Waals surface area (Å²) in [5.74, 6) is 1.99. The molecule has 1 aromatic heterocycles. The summed E-state index contributed by atoms with van der Waals surface area (Å²) >= 11 is 0. The van der Waals surface area contributed by atoms with Crippen molar-refractivity contribution >= 4 is 15.8 Å². The Morgan fingerprint density at radius 1 is 1.07 bits per heavy atom. The standard InChI is InChI=1S/C23H33N3O2S/c1-4-29(27,28)25-15-18-8-11-22(12-9-18)26-23-13-10-21(16-24-23)20-7-5-6-19(14-20)17(2)3/h5-7,10,13-14,16-18,22,25H,4,8-9,11-12,15H2,1-3H3,(H,24,26). The molecule has 0 unspecified atom stereocenters. The molecule has 1 fully saturated rings. The third kappa shape index (κ3) is 6.28. The SMILES string of the molecule is CCS(=O)(=O)NCC1CCC(Nc2ccc(-c3cccc(C(C)C)c3)cn2)CC1. The lowest BCUT2D eigenvalue weighted by Gasteiger charge is -2.29. The van der Waals surface area contributed by atoms with Gasteiger partial charge in [0.2, 0.25) is 10.0 Å². The summed E-state index contributed by atoms with van der Waals surface area (Å²) < 4.78 is 25.9. The average Bonchev–Trinajstić information content (AvgIpc) is 2.74. The molecular weight excluding hydrogens is 382 g/mol. The van der Waals surface area contributed by atoms with Crippen LogP contribution in [0, 0.1) is 5.92 Å². The monoisotopic (exact) mass is 415 g/mol. The Morgan fingerprint density at radius 2 is 1.83 bits per heavy atom. The Hall–Kier alpha value is -1.92. The van der Waals surface area contributed by atoms with Crippen LogP contribution in [0.1, 0.15) is 57.9 Å². The Balaban J connectivity index is 1.51. The smallest absolute Gasteiger partial charge is 0.211 e. The molecule has 2 aromatic rings. The Labute approximate surface area is 175 Å². The molecule has 1 aliphatic rings. The van der Waals surface area contributed by atoms with Gasteiger partial charge in [-0.05, 0) is 67.7 Å². The highest BCUT2D eigenvalue weighted by Crippen LogP contribution is 2.27. The first-order chi connectivity index (χ1) is 13.9. The maximum absolute atomic E-state index is 11.6. The molecule has 158 valence electrons. The second-order valence-electron chi connectivity index (χ2n) is 8.33. The molecule has 1 aromatic carbocycles. The minimum atomic E-state index is -3.09. The van der Waals surface area contributed by atoms with Crippen molar-refractivity contribution in [2.45, 2.75) is 58.4 Å². The topological polar surface area (TPSA) is 71.1 Å². The van der Waals surface area contributed by atoms with Gasteiger partial charge in [0.15, 0.2) is 0 Å². The van der Waals surface area contributed by atoms with Crippen LogP contribution in [0.25, 0.3) is 11.1 Å². The van der Waals surface area contributed by atoms with Crippen molar-refractivity contribution in [2.75, 3.05) is 17.6 Å². The van der Waals surface area contributed by atoms with Crippen LogP contribution in [0.4, 0.5) is 5.82 Å². The number of hydrogen-bond donors (Lipinski definition) is 2. The minimum absolute atomic E-state index is 0.146. The lowest BCUT2D eigenvalue weighted by Crippen LogP contribution is -2.34. The molecule has 1 heterocycles. The summed E-state index contributed by atoms with van der Waals surface area (Å²) in [6, 6.07) is 13.2. The average molecular weight is 416 g/mol. The molecule has 6 heteroatoms. The molecule has 29 heavy (non-hydrogen) atoms. The maximum Gasteiger partial charge on any atom is 0.211 e. The molecule has 0 bridgehead atoms. The van der Waals surface area contributed by atoms with E-state index in [-0.39, 0.29) is 5.75 Å². The summed E-state index contributed by atoms with van der Waals surface area (Å²) in [5.41, 5.74) is 3.66. The number of benzene rings is 1. The zero-order chi connectivity index (χ0) is 20.9. The van der Waals surface area contributed by atoms with Crippen molar-refractivity contribution in [1.82, 2.24) is 9.71 Å². The molecule has 3 rings (SSSR count). The third-order valence-electron chi connectivity index (χ3n) is 5.82. The fraction of sp³-hybridized carbons (Fsp3) is 0.522. The molecule has 0 aliphatic heterocycles. The van der Waals surface area contributed by atoms with Gasteiger partial charge in [-0.25, -0.2) is 18.1 Å². The molecule has 2 N–H and O–H groups in total. The maximum atomic E-state index is 11.6. The highest BCUT2D eigenvalue weighted by atomic mass is 32.2. The van der Waals surface area contributed by atoms with Gasteiger partial charge in [0.05, 0.1) is 5.75 Å². The number of aromatic nitrogens is 1. The predicted octanol–water partition coefficient (Wildman–Crippen LogP) is 4.78. The van der Waals surface area contributed by atoms with Crippen molar-refractivity contribution in [3.63, 3.8) is 0 Å². The van der Waals surface area contributed by atoms with Gasteiger partial charge in [0.25, 0.3) is 0 Å². The van der Waals surface area contributed by atoms with Crippen LogP contribution in [-0.4, -0.2) is 31.7 Å². The summed E-state index contributed by atoms with van der Waals surface area (Å²) in [4.78, 5) is 4.62. The Bertz CT molecular complexity index is 887. The van der Waals surface area contributed by atoms with Gasteiger partial charge in [0, 0.05) is 24.3 Å². The first-order valence-electron chi connectivity index (χ1n) is 10.7. The van der Waals surface area contributed by atoms with E-state index in [2.05, 4.69) is 65.3 Å². The van der Waals surface area contributed by atoms with Crippen molar-refractivity contribution in [3.05, 3.63) is 48.2 Å². The second kappa shape index (κ2) is 9.72. The fourth-order valence-electron chi connectivity index (χ4n) is 3.79. The van der Waals surface area contributed by atoms with Crippen LogP contribution in [0.15, 0.2) is 42.6 Å². The molecule has 1 aliphatic carbocycles. The van der Waals surface area contributed by atoms with Gasteiger partial charge in [-0.15, -0.1) is 0 Å². The Morgan fingerprint density at radius 3 is 2.45 bits per heavy atom. The van der Waals surface area contributed by atoms with E-state index >= 15 is 0 Å². The molecular formula is C23H33N3O2S. The van der Waals surface area contributed by atoms with Crippen LogP contribution in [-0.2, 0) is 10.0 Å². The summed E-state index contributed by atoms with van der Waals surface area (Å²) in [7, 11) is -3.09. The summed E-state index contributed by atoms with van der Waals surface area (Å²) in [5, 5.41) is 3.54. The van der Waals surface area contributed by atoms with Crippen LogP contribution in [0.2, 0.25) is 0 Å². The quantitative estimate of drug-likeness (QED) is 0.651. The summed E-state index contributed by atoms with van der Waals surface area (Å²) in [6.07, 6.45) is 6.08. The summed E-state index contributed by atoms with van der Waals surface area (Å²) in [6.45, 7) is 6.64. The van der Waals surface area contributed by atoms with Gasteiger partial charge in [-0.1, -0.05) is 38.1 Å².